The number of nitrogens with one attached hydrogen (secondary N) is 2. The summed E-state index contributed by atoms with van der Waals surface area (Å²) in [4.78, 5) is 23.4. The lowest BCUT2D eigenvalue weighted by molar-refractivity contribution is 0.170. The van der Waals surface area contributed by atoms with E-state index in [4.69, 9.17) is 4.42 Å². The van der Waals surface area contributed by atoms with Gasteiger partial charge in [-0.05, 0) is 24.3 Å². The molecule has 2 aromatic carbocycles. The van der Waals surface area contributed by atoms with E-state index < -0.39 is 23.7 Å². The minimum atomic E-state index is -1.16. The van der Waals surface area contributed by atoms with E-state index in [1.807, 2.05) is 0 Å². The third kappa shape index (κ3) is 3.53. The lowest BCUT2D eigenvalue weighted by atomic mass is 10.1. The van der Waals surface area contributed by atoms with Crippen molar-refractivity contribution in [1.82, 2.24) is 9.88 Å². The van der Waals surface area contributed by atoms with Crippen molar-refractivity contribution in [2.24, 2.45) is 7.05 Å². The number of amides is 2. The van der Waals surface area contributed by atoms with Crippen LogP contribution in [-0.2, 0) is 7.05 Å². The summed E-state index contributed by atoms with van der Waals surface area (Å²) >= 11 is 0. The van der Waals surface area contributed by atoms with E-state index in [1.165, 1.54) is 22.8 Å². The summed E-state index contributed by atoms with van der Waals surface area (Å²) in [5.41, 5.74) is 1.50. The number of nitrogens with zero attached hydrogens (tertiary/aromatic N) is 1. The van der Waals surface area contributed by atoms with Crippen LogP contribution in [0.1, 0.15) is 11.7 Å². The van der Waals surface area contributed by atoms with Crippen molar-refractivity contribution < 1.29 is 18.7 Å². The normalized spacial score (nSPS) is 12.1. The van der Waals surface area contributed by atoms with Gasteiger partial charge in [0.2, 0.25) is 0 Å². The predicted molar refractivity (Wildman–Crippen MR) is 89.8 cm³/mol. The average molecular weight is 345 g/mol. The van der Waals surface area contributed by atoms with Gasteiger partial charge in [0, 0.05) is 24.8 Å². The highest BCUT2D eigenvalue weighted by molar-refractivity contribution is 5.91. The molecule has 0 saturated carbocycles. The zero-order chi connectivity index (χ0) is 18.0. The Morgan fingerprint density at radius 2 is 2.08 bits per heavy atom. The molecule has 2 amide bonds. The molecular weight excluding hydrogens is 329 g/mol. The number of aliphatic hydroxyl groups is 1. The summed E-state index contributed by atoms with van der Waals surface area (Å²) in [6, 6.07) is 9.99. The van der Waals surface area contributed by atoms with Crippen molar-refractivity contribution in [2.75, 3.05) is 11.9 Å². The lowest BCUT2D eigenvalue weighted by Crippen LogP contribution is -2.32. The Labute approximate surface area is 141 Å². The number of rotatable bonds is 4. The molecule has 1 aromatic heterocycles. The summed E-state index contributed by atoms with van der Waals surface area (Å²) in [5, 5.41) is 15.0. The van der Waals surface area contributed by atoms with Crippen LogP contribution in [0.15, 0.2) is 51.7 Å². The van der Waals surface area contributed by atoms with Crippen LogP contribution >= 0.6 is 0 Å². The Hall–Kier alpha value is -3.13. The Morgan fingerprint density at radius 1 is 1.32 bits per heavy atom. The number of hydrogen-bond acceptors (Lipinski definition) is 4. The Balaban J connectivity index is 1.64. The first kappa shape index (κ1) is 16.7. The molecule has 0 unspecified atom stereocenters. The number of carbonyl (C=O) groups is 1. The van der Waals surface area contributed by atoms with Gasteiger partial charge < -0.3 is 20.2 Å². The molecule has 0 spiro atoms. The number of oxazole rings is 1. The molecule has 1 heterocycles. The van der Waals surface area contributed by atoms with Crippen LogP contribution in [0.4, 0.5) is 14.9 Å². The van der Waals surface area contributed by atoms with Crippen molar-refractivity contribution in [2.45, 2.75) is 6.10 Å². The molecule has 130 valence electrons. The number of aromatic nitrogens is 1. The number of urea groups is 1. The van der Waals surface area contributed by atoms with Gasteiger partial charge in [-0.1, -0.05) is 18.2 Å². The van der Waals surface area contributed by atoms with Crippen molar-refractivity contribution in [3.05, 3.63) is 64.4 Å². The molecule has 3 rings (SSSR count). The number of benzene rings is 2. The maximum absolute atomic E-state index is 13.6. The summed E-state index contributed by atoms with van der Waals surface area (Å²) in [5.74, 6) is -1.03. The molecule has 0 saturated heterocycles. The minimum Gasteiger partial charge on any atom is -0.408 e. The molecule has 0 radical (unpaired) electrons. The van der Waals surface area contributed by atoms with Crippen molar-refractivity contribution in [3.8, 4) is 0 Å². The van der Waals surface area contributed by atoms with Crippen LogP contribution in [-0.4, -0.2) is 22.2 Å². The van der Waals surface area contributed by atoms with Crippen LogP contribution < -0.4 is 16.4 Å². The van der Waals surface area contributed by atoms with Gasteiger partial charge in [0.05, 0.1) is 11.6 Å². The smallest absolute Gasteiger partial charge is 0.408 e. The van der Waals surface area contributed by atoms with Crippen LogP contribution in [0.25, 0.3) is 11.1 Å². The molecule has 0 aliphatic carbocycles. The van der Waals surface area contributed by atoms with Gasteiger partial charge in [-0.25, -0.2) is 14.0 Å². The van der Waals surface area contributed by atoms with Gasteiger partial charge in [0.25, 0.3) is 0 Å². The van der Waals surface area contributed by atoms with E-state index in [2.05, 4.69) is 10.6 Å². The molecule has 3 aromatic rings. The quantitative estimate of drug-likeness (QED) is 0.675. The van der Waals surface area contributed by atoms with E-state index in [0.717, 1.165) is 0 Å². The van der Waals surface area contributed by atoms with E-state index in [9.17, 15) is 19.1 Å². The predicted octanol–water partition coefficient (Wildman–Crippen LogP) is 2.13. The lowest BCUT2D eigenvalue weighted by Gasteiger charge is -2.13. The van der Waals surface area contributed by atoms with Gasteiger partial charge in [-0.15, -0.1) is 0 Å². The number of fused-ring (bicyclic) bond motifs is 1. The fraction of sp³-hybridized carbons (Fsp3) is 0.176. The number of aryl methyl sites for hydroxylation is 1. The molecule has 7 nitrogen and oxygen atoms in total. The topological polar surface area (TPSA) is 96.5 Å². The van der Waals surface area contributed by atoms with Crippen LogP contribution in [0, 0.1) is 5.82 Å². The molecule has 0 aliphatic heterocycles. The van der Waals surface area contributed by atoms with E-state index in [0.29, 0.717) is 16.8 Å². The third-order valence-corrected chi connectivity index (χ3v) is 3.77. The number of carbonyl (C=O) groups excluding carboxylic acids is 1. The first-order valence-corrected chi connectivity index (χ1v) is 7.52. The maximum Gasteiger partial charge on any atom is 0.419 e. The summed E-state index contributed by atoms with van der Waals surface area (Å²) < 4.78 is 19.9. The first-order valence-electron chi connectivity index (χ1n) is 7.52. The molecular formula is C17H16FN3O4. The van der Waals surface area contributed by atoms with Crippen molar-refractivity contribution in [3.63, 3.8) is 0 Å². The van der Waals surface area contributed by atoms with Crippen molar-refractivity contribution in [1.29, 1.82) is 0 Å². The average Bonchev–Trinajstić information content (AvgIpc) is 2.87. The second-order valence-corrected chi connectivity index (χ2v) is 5.48. The second-order valence-electron chi connectivity index (χ2n) is 5.48. The Kier molecular flexibility index (Phi) is 4.53. The van der Waals surface area contributed by atoms with E-state index >= 15 is 0 Å². The Bertz CT molecular complexity index is 979. The molecule has 0 fully saturated rings. The van der Waals surface area contributed by atoms with Gasteiger partial charge in [-0.3, -0.25) is 4.57 Å². The van der Waals surface area contributed by atoms with Crippen LogP contribution in [0.3, 0.4) is 0 Å². The highest BCUT2D eigenvalue weighted by atomic mass is 19.1. The number of hydrogen-bond donors (Lipinski definition) is 3. The molecule has 8 heteroatoms. The van der Waals surface area contributed by atoms with Gasteiger partial charge in [0.15, 0.2) is 5.58 Å². The Morgan fingerprint density at radius 3 is 2.84 bits per heavy atom. The fourth-order valence-electron chi connectivity index (χ4n) is 2.42. The standard InChI is InChI=1S/C17H16FN3O4/c1-21-13-8-10(6-7-15(13)25-17(21)24)20-16(23)19-9-14(22)11-4-2-3-5-12(11)18/h2-8,14,22H,9H2,1H3,(H2,19,20,23)/t14-/m0/s1. The van der Waals surface area contributed by atoms with Crippen LogP contribution in [0.5, 0.6) is 0 Å². The zero-order valence-electron chi connectivity index (χ0n) is 13.3. The SMILES string of the molecule is Cn1c(=O)oc2ccc(NC(=O)NC[C@H](O)c3ccccc3F)cc21. The van der Waals surface area contributed by atoms with Crippen molar-refractivity contribution >= 4 is 22.8 Å². The third-order valence-electron chi connectivity index (χ3n) is 3.77. The summed E-state index contributed by atoms with van der Waals surface area (Å²) in [7, 11) is 1.56. The monoisotopic (exact) mass is 345 g/mol. The van der Waals surface area contributed by atoms with Gasteiger partial charge in [-0.2, -0.15) is 0 Å². The van der Waals surface area contributed by atoms with Crippen LogP contribution in [0.2, 0.25) is 0 Å². The highest BCUT2D eigenvalue weighted by Gasteiger charge is 2.14. The second kappa shape index (κ2) is 6.78. The number of anilines is 1. The minimum absolute atomic E-state index is 0.109. The van der Waals surface area contributed by atoms with Gasteiger partial charge >= 0.3 is 11.8 Å². The summed E-state index contributed by atoms with van der Waals surface area (Å²) in [6.45, 7) is -0.154. The zero-order valence-corrected chi connectivity index (χ0v) is 13.3. The largest absolute Gasteiger partial charge is 0.419 e. The highest BCUT2D eigenvalue weighted by Crippen LogP contribution is 2.18. The van der Waals surface area contributed by atoms with E-state index in [1.54, 1.807) is 31.3 Å². The van der Waals surface area contributed by atoms with E-state index in [-0.39, 0.29) is 12.1 Å². The molecule has 0 aliphatic rings. The fourth-order valence-corrected chi connectivity index (χ4v) is 2.42. The molecule has 1 atom stereocenters. The number of aliphatic hydroxyl groups excluding tert-OH is 1. The molecule has 25 heavy (non-hydrogen) atoms. The number of halogens is 1. The van der Waals surface area contributed by atoms with Gasteiger partial charge in [0.1, 0.15) is 5.82 Å². The first-order chi connectivity index (χ1) is 12.0. The maximum atomic E-state index is 13.6. The molecule has 0 bridgehead atoms. The summed E-state index contributed by atoms with van der Waals surface area (Å²) in [6.07, 6.45) is -1.16. The molecule has 3 N–H and O–H groups in total.